The predicted molar refractivity (Wildman–Crippen MR) is 47.1 cm³/mol. The average Bonchev–Trinajstić information content (AvgIpc) is 1.98. The van der Waals surface area contributed by atoms with E-state index in [4.69, 9.17) is 5.11 Å². The van der Waals surface area contributed by atoms with Crippen molar-refractivity contribution in [1.29, 1.82) is 0 Å². The van der Waals surface area contributed by atoms with E-state index in [0.29, 0.717) is 12.2 Å². The van der Waals surface area contributed by atoms with Gasteiger partial charge in [-0.05, 0) is 6.08 Å². The molecule has 1 aliphatic carbocycles. The standard InChI is InChI=1S/C8H5BrF6O/c9-6(8(13,14)15)3-1-2-4(16)5(6)7(10,11)12/h1-3,5,16H. The second kappa shape index (κ2) is 3.68. The second-order valence-corrected chi connectivity index (χ2v) is 4.50. The van der Waals surface area contributed by atoms with Crippen molar-refractivity contribution in [2.45, 2.75) is 16.7 Å². The van der Waals surface area contributed by atoms with Crippen LogP contribution < -0.4 is 0 Å². The zero-order chi connectivity index (χ0) is 12.8. The molecule has 16 heavy (non-hydrogen) atoms. The predicted octanol–water partition coefficient (Wildman–Crippen LogP) is 3.87. The summed E-state index contributed by atoms with van der Waals surface area (Å²) in [6.45, 7) is 0. The lowest BCUT2D eigenvalue weighted by atomic mass is 9.85. The highest BCUT2D eigenvalue weighted by atomic mass is 79.9. The Labute approximate surface area is 94.6 Å². The maximum absolute atomic E-state index is 12.5. The smallest absolute Gasteiger partial charge is 0.408 e. The van der Waals surface area contributed by atoms with Gasteiger partial charge < -0.3 is 5.11 Å². The fraction of sp³-hybridized carbons (Fsp3) is 0.500. The lowest BCUT2D eigenvalue weighted by Crippen LogP contribution is -2.52. The van der Waals surface area contributed by atoms with E-state index in [-0.39, 0.29) is 0 Å². The normalized spacial score (nSPS) is 31.4. The Bertz CT molecular complexity index is 341. The van der Waals surface area contributed by atoms with Crippen LogP contribution in [-0.4, -0.2) is 21.8 Å². The zero-order valence-corrected chi connectivity index (χ0v) is 8.99. The first-order valence-electron chi connectivity index (χ1n) is 3.91. The number of hydrogen-bond acceptors (Lipinski definition) is 1. The van der Waals surface area contributed by atoms with Crippen LogP contribution >= 0.6 is 15.9 Å². The average molecular weight is 311 g/mol. The summed E-state index contributed by atoms with van der Waals surface area (Å²) in [5.74, 6) is -4.41. The van der Waals surface area contributed by atoms with Crippen molar-refractivity contribution in [2.24, 2.45) is 5.92 Å². The summed E-state index contributed by atoms with van der Waals surface area (Å²) in [6, 6.07) is 0. The van der Waals surface area contributed by atoms with Crippen molar-refractivity contribution in [3.63, 3.8) is 0 Å². The minimum atomic E-state index is -5.20. The summed E-state index contributed by atoms with van der Waals surface area (Å²) >= 11 is 2.03. The summed E-state index contributed by atoms with van der Waals surface area (Å²) in [5, 5.41) is 8.96. The van der Waals surface area contributed by atoms with Crippen molar-refractivity contribution in [3.8, 4) is 0 Å². The molecule has 0 fully saturated rings. The molecule has 0 heterocycles. The molecule has 0 spiro atoms. The van der Waals surface area contributed by atoms with Gasteiger partial charge in [0.2, 0.25) is 0 Å². The summed E-state index contributed by atoms with van der Waals surface area (Å²) in [6.07, 6.45) is -8.75. The Kier molecular flexibility index (Phi) is 3.08. The molecule has 0 saturated carbocycles. The summed E-state index contributed by atoms with van der Waals surface area (Å²) in [4.78, 5) is 0. The number of aliphatic hydroxyl groups is 1. The molecule has 1 aliphatic rings. The third-order valence-electron chi connectivity index (χ3n) is 2.08. The summed E-state index contributed by atoms with van der Waals surface area (Å²) in [5.41, 5.74) is 0. The van der Waals surface area contributed by atoms with Gasteiger partial charge in [-0.15, -0.1) is 0 Å². The molecule has 92 valence electrons. The van der Waals surface area contributed by atoms with Crippen molar-refractivity contribution in [3.05, 3.63) is 24.0 Å². The highest BCUT2D eigenvalue weighted by Gasteiger charge is 2.66. The Morgan fingerprint density at radius 1 is 1.19 bits per heavy atom. The van der Waals surface area contributed by atoms with E-state index in [1.807, 2.05) is 15.9 Å². The molecule has 0 amide bonds. The first-order valence-corrected chi connectivity index (χ1v) is 4.70. The molecule has 0 aromatic carbocycles. The number of halogens is 7. The Morgan fingerprint density at radius 2 is 1.69 bits per heavy atom. The number of rotatable bonds is 0. The quantitative estimate of drug-likeness (QED) is 0.532. The zero-order valence-electron chi connectivity index (χ0n) is 7.40. The molecule has 0 bridgehead atoms. The number of aliphatic hydroxyl groups excluding tert-OH is 1. The van der Waals surface area contributed by atoms with Crippen LogP contribution in [0, 0.1) is 5.92 Å². The van der Waals surface area contributed by atoms with Gasteiger partial charge >= 0.3 is 12.4 Å². The van der Waals surface area contributed by atoms with Crippen LogP contribution in [-0.2, 0) is 0 Å². The fourth-order valence-corrected chi connectivity index (χ4v) is 2.01. The summed E-state index contributed by atoms with van der Waals surface area (Å²) in [7, 11) is 0. The van der Waals surface area contributed by atoms with E-state index in [1.165, 1.54) is 0 Å². The number of allylic oxidation sites excluding steroid dienone is 4. The Morgan fingerprint density at radius 3 is 2.00 bits per heavy atom. The van der Waals surface area contributed by atoms with Crippen LogP contribution in [0.1, 0.15) is 0 Å². The van der Waals surface area contributed by atoms with Gasteiger partial charge in [0.05, 0.1) is 0 Å². The minimum Gasteiger partial charge on any atom is -0.512 e. The molecule has 2 unspecified atom stereocenters. The third kappa shape index (κ3) is 2.07. The molecule has 1 nitrogen and oxygen atoms in total. The highest BCUT2D eigenvalue weighted by Crippen LogP contribution is 2.53. The molecule has 0 saturated heterocycles. The molecule has 1 rings (SSSR count). The number of hydrogen-bond donors (Lipinski definition) is 1. The van der Waals surface area contributed by atoms with Crippen LogP contribution in [0.15, 0.2) is 24.0 Å². The largest absolute Gasteiger partial charge is 0.512 e. The van der Waals surface area contributed by atoms with Gasteiger partial charge in [0.15, 0.2) is 4.32 Å². The van der Waals surface area contributed by atoms with Crippen molar-refractivity contribution in [2.75, 3.05) is 0 Å². The first-order chi connectivity index (χ1) is 7.00. The van der Waals surface area contributed by atoms with Gasteiger partial charge in [0.1, 0.15) is 11.7 Å². The van der Waals surface area contributed by atoms with Crippen LogP contribution in [0.4, 0.5) is 26.3 Å². The topological polar surface area (TPSA) is 20.2 Å². The van der Waals surface area contributed by atoms with E-state index in [1.54, 1.807) is 0 Å². The van der Waals surface area contributed by atoms with Crippen molar-refractivity contribution >= 4 is 15.9 Å². The Balaban J connectivity index is 3.30. The Hall–Kier alpha value is -0.660. The molecule has 0 radical (unpaired) electrons. The van der Waals surface area contributed by atoms with Gasteiger partial charge in [-0.25, -0.2) is 0 Å². The minimum absolute atomic E-state index is 0.324. The van der Waals surface area contributed by atoms with Gasteiger partial charge in [-0.3, -0.25) is 0 Å². The monoisotopic (exact) mass is 310 g/mol. The van der Waals surface area contributed by atoms with Crippen LogP contribution in [0.5, 0.6) is 0 Å². The van der Waals surface area contributed by atoms with Crippen molar-refractivity contribution in [1.82, 2.24) is 0 Å². The lowest BCUT2D eigenvalue weighted by Gasteiger charge is -2.37. The van der Waals surface area contributed by atoms with E-state index >= 15 is 0 Å². The van der Waals surface area contributed by atoms with Crippen LogP contribution in [0.3, 0.4) is 0 Å². The third-order valence-corrected chi connectivity index (χ3v) is 3.26. The van der Waals surface area contributed by atoms with E-state index < -0.39 is 28.4 Å². The van der Waals surface area contributed by atoms with E-state index in [2.05, 4.69) is 0 Å². The van der Waals surface area contributed by atoms with Crippen LogP contribution in [0.25, 0.3) is 0 Å². The maximum atomic E-state index is 12.5. The fourth-order valence-electron chi connectivity index (χ4n) is 1.36. The molecule has 2 atom stereocenters. The van der Waals surface area contributed by atoms with Gasteiger partial charge in [-0.2, -0.15) is 26.3 Å². The second-order valence-electron chi connectivity index (χ2n) is 3.19. The van der Waals surface area contributed by atoms with Crippen molar-refractivity contribution < 1.29 is 31.4 Å². The molecule has 0 aromatic heterocycles. The van der Waals surface area contributed by atoms with Gasteiger partial charge in [0.25, 0.3) is 0 Å². The number of alkyl halides is 7. The summed E-state index contributed by atoms with van der Waals surface area (Å²) < 4.78 is 71.7. The van der Waals surface area contributed by atoms with E-state index in [0.717, 1.165) is 6.08 Å². The molecule has 0 aromatic rings. The first kappa shape index (κ1) is 13.4. The molecule has 8 heteroatoms. The SMILES string of the molecule is OC1=CC=CC(Br)(C(F)(F)F)C1C(F)(F)F. The molecular formula is C8H5BrF6O. The van der Waals surface area contributed by atoms with Crippen LogP contribution in [0.2, 0.25) is 0 Å². The van der Waals surface area contributed by atoms with Gasteiger partial charge in [0, 0.05) is 0 Å². The maximum Gasteiger partial charge on any atom is 0.408 e. The molecule has 0 aliphatic heterocycles. The molecular weight excluding hydrogens is 306 g/mol. The van der Waals surface area contributed by atoms with Gasteiger partial charge in [-0.1, -0.05) is 28.1 Å². The molecule has 1 N–H and O–H groups in total. The van der Waals surface area contributed by atoms with E-state index in [9.17, 15) is 26.3 Å². The lowest BCUT2D eigenvalue weighted by molar-refractivity contribution is -0.225. The highest BCUT2D eigenvalue weighted by molar-refractivity contribution is 9.10.